The number of benzene rings is 1. The Morgan fingerprint density at radius 2 is 1.91 bits per heavy atom. The highest BCUT2D eigenvalue weighted by Gasteiger charge is 2.28. The quantitative estimate of drug-likeness (QED) is 0.541. The van der Waals surface area contributed by atoms with Crippen molar-refractivity contribution < 1.29 is 18.3 Å². The second-order valence-corrected chi connectivity index (χ2v) is 11.7. The molecule has 0 saturated heterocycles. The monoisotopic (exact) mass is 469 g/mol. The number of carbonyl (C=O) groups is 1. The number of thiophene rings is 1. The Bertz CT molecular complexity index is 1270. The van der Waals surface area contributed by atoms with Crippen molar-refractivity contribution in [2.24, 2.45) is 5.41 Å². The summed E-state index contributed by atoms with van der Waals surface area (Å²) >= 11 is 1.02. The van der Waals surface area contributed by atoms with Crippen LogP contribution in [0.2, 0.25) is 0 Å². The first-order chi connectivity index (χ1) is 15.0. The average molecular weight is 470 g/mol. The molecular formula is C23H23N3O4S2. The van der Waals surface area contributed by atoms with E-state index in [1.165, 1.54) is 23.4 Å². The molecule has 0 aliphatic rings. The van der Waals surface area contributed by atoms with Crippen molar-refractivity contribution in [3.8, 4) is 17.2 Å². The van der Waals surface area contributed by atoms with E-state index in [2.05, 4.69) is 11.1 Å². The van der Waals surface area contributed by atoms with Crippen LogP contribution in [-0.2, 0) is 16.4 Å². The van der Waals surface area contributed by atoms with E-state index in [1.54, 1.807) is 36.4 Å². The Balaban J connectivity index is 2.17. The highest BCUT2D eigenvalue weighted by atomic mass is 32.2. The van der Waals surface area contributed by atoms with Crippen molar-refractivity contribution in [2.45, 2.75) is 36.4 Å². The molecular weight excluding hydrogens is 446 g/mol. The van der Waals surface area contributed by atoms with Gasteiger partial charge in [0.25, 0.3) is 0 Å². The summed E-state index contributed by atoms with van der Waals surface area (Å²) in [7, 11) is -3.93. The number of amides is 1. The molecule has 0 aliphatic carbocycles. The summed E-state index contributed by atoms with van der Waals surface area (Å²) in [5, 5.41) is 19.2. The van der Waals surface area contributed by atoms with Crippen LogP contribution in [0.5, 0.6) is 0 Å². The van der Waals surface area contributed by atoms with E-state index in [4.69, 9.17) is 0 Å². The summed E-state index contributed by atoms with van der Waals surface area (Å²) in [6.07, 6.45) is 1.68. The highest BCUT2D eigenvalue weighted by Crippen LogP contribution is 2.40. The average Bonchev–Trinajstić information content (AvgIpc) is 3.17. The summed E-state index contributed by atoms with van der Waals surface area (Å²) in [5.74, 6) is 0. The van der Waals surface area contributed by atoms with Gasteiger partial charge in [-0.2, -0.15) is 5.26 Å². The third-order valence-corrected chi connectivity index (χ3v) is 7.95. The molecule has 9 heteroatoms. The maximum Gasteiger partial charge on any atom is 0.407 e. The number of pyridine rings is 1. The molecule has 0 spiro atoms. The van der Waals surface area contributed by atoms with Crippen LogP contribution in [0.1, 0.15) is 31.2 Å². The molecule has 0 unspecified atom stereocenters. The summed E-state index contributed by atoms with van der Waals surface area (Å²) in [4.78, 5) is 17.6. The van der Waals surface area contributed by atoms with Crippen molar-refractivity contribution in [3.05, 3.63) is 65.3 Å². The van der Waals surface area contributed by atoms with Crippen molar-refractivity contribution in [1.82, 2.24) is 9.88 Å². The number of nitriles is 1. The summed E-state index contributed by atoms with van der Waals surface area (Å²) < 4.78 is 27.0. The van der Waals surface area contributed by atoms with Gasteiger partial charge in [0, 0.05) is 34.9 Å². The molecule has 0 atom stereocenters. The van der Waals surface area contributed by atoms with Gasteiger partial charge in [-0.05, 0) is 29.7 Å². The number of hydrogen-bond acceptors (Lipinski definition) is 6. The fourth-order valence-electron chi connectivity index (χ4n) is 3.27. The van der Waals surface area contributed by atoms with Gasteiger partial charge in [-0.3, -0.25) is 4.98 Å². The largest absolute Gasteiger partial charge is 0.465 e. The van der Waals surface area contributed by atoms with Crippen LogP contribution in [0.4, 0.5) is 4.79 Å². The molecule has 0 radical (unpaired) electrons. The fourth-order valence-corrected chi connectivity index (χ4v) is 6.36. The number of rotatable bonds is 6. The molecule has 7 nitrogen and oxygen atoms in total. The lowest BCUT2D eigenvalue weighted by Crippen LogP contribution is -2.36. The van der Waals surface area contributed by atoms with Gasteiger partial charge in [-0.1, -0.05) is 39.0 Å². The van der Waals surface area contributed by atoms with Crippen molar-refractivity contribution in [3.63, 3.8) is 0 Å². The van der Waals surface area contributed by atoms with Crippen molar-refractivity contribution in [1.29, 1.82) is 5.26 Å². The molecule has 0 fully saturated rings. The fraction of sp³-hybridized carbons (Fsp3) is 0.261. The minimum Gasteiger partial charge on any atom is -0.465 e. The number of aromatic nitrogens is 1. The predicted molar refractivity (Wildman–Crippen MR) is 122 cm³/mol. The molecule has 0 aliphatic heterocycles. The first-order valence-electron chi connectivity index (χ1n) is 9.78. The van der Waals surface area contributed by atoms with E-state index in [1.807, 2.05) is 20.8 Å². The Hall–Kier alpha value is -3.22. The Morgan fingerprint density at radius 3 is 2.50 bits per heavy atom. The van der Waals surface area contributed by atoms with E-state index in [0.29, 0.717) is 21.6 Å². The summed E-state index contributed by atoms with van der Waals surface area (Å²) in [5.41, 5.74) is 0.935. The van der Waals surface area contributed by atoms with Crippen LogP contribution in [0.3, 0.4) is 0 Å². The lowest BCUT2D eigenvalue weighted by Gasteiger charge is -2.27. The zero-order chi connectivity index (χ0) is 23.5. The highest BCUT2D eigenvalue weighted by molar-refractivity contribution is 7.93. The minimum atomic E-state index is -3.93. The smallest absolute Gasteiger partial charge is 0.407 e. The van der Waals surface area contributed by atoms with Gasteiger partial charge in [0.2, 0.25) is 9.84 Å². The van der Waals surface area contributed by atoms with Gasteiger partial charge in [-0.15, -0.1) is 11.3 Å². The molecule has 32 heavy (non-hydrogen) atoms. The first kappa shape index (κ1) is 23.4. The molecule has 3 aromatic rings. The van der Waals surface area contributed by atoms with Crippen LogP contribution in [-0.4, -0.2) is 36.0 Å². The van der Waals surface area contributed by atoms with Gasteiger partial charge in [0.15, 0.2) is 0 Å². The molecule has 3 rings (SSSR count). The van der Waals surface area contributed by atoms with E-state index in [-0.39, 0.29) is 27.6 Å². The zero-order valence-electron chi connectivity index (χ0n) is 17.9. The van der Waals surface area contributed by atoms with Crippen molar-refractivity contribution >= 4 is 27.3 Å². The van der Waals surface area contributed by atoms with Crippen LogP contribution < -0.4 is 0 Å². The number of nitrogens with zero attached hydrogens (tertiary/aromatic N) is 3. The number of sulfone groups is 1. The maximum absolute atomic E-state index is 13.4. The Morgan fingerprint density at radius 1 is 1.19 bits per heavy atom. The molecule has 2 aromatic heterocycles. The van der Waals surface area contributed by atoms with Gasteiger partial charge >= 0.3 is 6.09 Å². The summed E-state index contributed by atoms with van der Waals surface area (Å²) in [6.45, 7) is 6.13. The SMILES string of the molecule is CC(C)(C)CN(Cc1cc(-c2ccccc2C#N)c(S(=O)(=O)c2cccnc2)s1)C(=O)O. The standard InChI is InChI=1S/C23H23N3O4S2/c1-23(2,3)15-26(22(27)28)14-17-11-20(19-9-5-4-7-16(19)12-24)21(31-17)32(29,30)18-8-6-10-25-13-18/h4-11,13H,14-15H2,1-3H3,(H,27,28). The van der Waals surface area contributed by atoms with Gasteiger partial charge < -0.3 is 10.0 Å². The molecule has 1 N–H and O–H groups in total. The second-order valence-electron chi connectivity index (χ2n) is 8.46. The predicted octanol–water partition coefficient (Wildman–Crippen LogP) is 5.04. The normalized spacial score (nSPS) is 11.7. The third-order valence-electron chi connectivity index (χ3n) is 4.56. The zero-order valence-corrected chi connectivity index (χ0v) is 19.6. The molecule has 0 bridgehead atoms. The first-order valence-corrected chi connectivity index (χ1v) is 12.1. The van der Waals surface area contributed by atoms with Crippen LogP contribution in [0, 0.1) is 16.7 Å². The third kappa shape index (κ3) is 5.15. The Kier molecular flexibility index (Phi) is 6.67. The number of hydrogen-bond donors (Lipinski definition) is 1. The minimum absolute atomic E-state index is 0.0360. The van der Waals surface area contributed by atoms with E-state index < -0.39 is 15.9 Å². The summed E-state index contributed by atoms with van der Waals surface area (Å²) in [6, 6.07) is 13.5. The molecule has 2 heterocycles. The second kappa shape index (κ2) is 9.10. The van der Waals surface area contributed by atoms with E-state index >= 15 is 0 Å². The van der Waals surface area contributed by atoms with E-state index in [0.717, 1.165) is 11.3 Å². The lowest BCUT2D eigenvalue weighted by molar-refractivity contribution is 0.123. The topological polar surface area (TPSA) is 111 Å². The van der Waals surface area contributed by atoms with Crippen LogP contribution >= 0.6 is 11.3 Å². The molecule has 0 saturated carbocycles. The van der Waals surface area contributed by atoms with Crippen LogP contribution in [0.15, 0.2) is 64.0 Å². The van der Waals surface area contributed by atoms with Crippen molar-refractivity contribution in [2.75, 3.05) is 6.54 Å². The molecule has 166 valence electrons. The van der Waals surface area contributed by atoms with Gasteiger partial charge in [-0.25, -0.2) is 13.2 Å². The van der Waals surface area contributed by atoms with Crippen LogP contribution in [0.25, 0.3) is 11.1 Å². The Labute approximate surface area is 191 Å². The lowest BCUT2D eigenvalue weighted by atomic mass is 9.96. The number of carboxylic acid groups (broad SMARTS) is 1. The van der Waals surface area contributed by atoms with Gasteiger partial charge in [0.1, 0.15) is 4.21 Å². The van der Waals surface area contributed by atoms with E-state index in [9.17, 15) is 23.6 Å². The molecule has 1 aromatic carbocycles. The molecule has 1 amide bonds. The maximum atomic E-state index is 13.4. The van der Waals surface area contributed by atoms with Gasteiger partial charge in [0.05, 0.1) is 23.1 Å².